The highest BCUT2D eigenvalue weighted by Crippen LogP contribution is 2.22. The molecule has 1 saturated heterocycles. The normalized spacial score (nSPS) is 17.2. The van der Waals surface area contributed by atoms with Crippen molar-refractivity contribution in [2.24, 2.45) is 11.7 Å². The topological polar surface area (TPSA) is 131 Å². The molecule has 1 aromatic rings. The molecule has 0 aromatic heterocycles. The van der Waals surface area contributed by atoms with E-state index in [2.05, 4.69) is 10.6 Å². The first kappa shape index (κ1) is 17.5. The Morgan fingerprint density at radius 2 is 2.08 bits per heavy atom. The average Bonchev–Trinajstić information content (AvgIpc) is 2.58. The second-order valence-corrected chi connectivity index (χ2v) is 5.62. The van der Waals surface area contributed by atoms with Crippen LogP contribution in [0.3, 0.4) is 0 Å². The van der Waals surface area contributed by atoms with Gasteiger partial charge in [-0.2, -0.15) is 0 Å². The third kappa shape index (κ3) is 4.58. The Labute approximate surface area is 139 Å². The van der Waals surface area contributed by atoms with Gasteiger partial charge >= 0.3 is 6.03 Å². The van der Waals surface area contributed by atoms with Crippen molar-refractivity contribution >= 4 is 23.3 Å². The molecule has 1 aromatic carbocycles. The van der Waals surface area contributed by atoms with Gasteiger partial charge in [0.25, 0.3) is 5.69 Å². The number of benzene rings is 1. The van der Waals surface area contributed by atoms with Crippen LogP contribution in [0, 0.1) is 16.0 Å². The van der Waals surface area contributed by atoms with Gasteiger partial charge in [0.05, 0.1) is 10.8 Å². The number of rotatable bonds is 6. The maximum atomic E-state index is 12.1. The molecular weight excluding hydrogens is 314 g/mol. The molecule has 1 aliphatic rings. The van der Waals surface area contributed by atoms with Crippen LogP contribution in [0.25, 0.3) is 0 Å². The molecule has 9 heteroatoms. The number of anilines is 1. The molecule has 0 aliphatic carbocycles. The molecule has 2 rings (SSSR count). The molecule has 1 heterocycles. The summed E-state index contributed by atoms with van der Waals surface area (Å²) in [6.07, 6.45) is 1.46. The minimum Gasteiger partial charge on any atom is -0.378 e. The zero-order valence-corrected chi connectivity index (χ0v) is 13.2. The van der Waals surface area contributed by atoms with Crippen molar-refractivity contribution in [1.82, 2.24) is 10.2 Å². The van der Waals surface area contributed by atoms with E-state index in [1.807, 2.05) is 0 Å². The lowest BCUT2D eigenvalue weighted by Crippen LogP contribution is -2.47. The molecule has 9 nitrogen and oxygen atoms in total. The fourth-order valence-corrected chi connectivity index (χ4v) is 2.70. The molecule has 0 saturated carbocycles. The van der Waals surface area contributed by atoms with Gasteiger partial charge in [-0.15, -0.1) is 0 Å². The molecule has 0 unspecified atom stereocenters. The van der Waals surface area contributed by atoms with Crippen LogP contribution in [-0.4, -0.2) is 47.9 Å². The Bertz CT molecular complexity index is 622. The van der Waals surface area contributed by atoms with Crippen LogP contribution in [0.4, 0.5) is 16.2 Å². The van der Waals surface area contributed by atoms with E-state index in [4.69, 9.17) is 5.73 Å². The maximum Gasteiger partial charge on any atom is 0.314 e. The van der Waals surface area contributed by atoms with Crippen molar-refractivity contribution in [1.29, 1.82) is 0 Å². The Hall–Kier alpha value is -2.84. The van der Waals surface area contributed by atoms with E-state index in [1.165, 1.54) is 11.0 Å². The molecule has 0 radical (unpaired) electrons. The first-order valence-corrected chi connectivity index (χ1v) is 7.78. The highest BCUT2D eigenvalue weighted by Gasteiger charge is 2.27. The summed E-state index contributed by atoms with van der Waals surface area (Å²) >= 11 is 0. The number of nitro groups is 1. The summed E-state index contributed by atoms with van der Waals surface area (Å²) in [5, 5.41) is 16.6. The largest absolute Gasteiger partial charge is 0.378 e. The monoisotopic (exact) mass is 335 g/mol. The molecule has 3 amide bonds. The SMILES string of the molecule is NC(=O)N1CCC[C@H](C(=O)NCCNc2ccccc2[N+](=O)[O-])C1. The Balaban J connectivity index is 1.77. The van der Waals surface area contributed by atoms with E-state index in [9.17, 15) is 19.7 Å². The lowest BCUT2D eigenvalue weighted by Gasteiger charge is -2.30. The summed E-state index contributed by atoms with van der Waals surface area (Å²) in [5.41, 5.74) is 5.65. The van der Waals surface area contributed by atoms with Gasteiger partial charge in [0.2, 0.25) is 5.91 Å². The Morgan fingerprint density at radius 1 is 1.33 bits per heavy atom. The van der Waals surface area contributed by atoms with Gasteiger partial charge in [-0.3, -0.25) is 14.9 Å². The summed E-state index contributed by atoms with van der Waals surface area (Å²) < 4.78 is 0. The molecule has 4 N–H and O–H groups in total. The van der Waals surface area contributed by atoms with Gasteiger partial charge < -0.3 is 21.3 Å². The van der Waals surface area contributed by atoms with Crippen LogP contribution in [0.15, 0.2) is 24.3 Å². The molecule has 0 spiro atoms. The number of nitrogens with zero attached hydrogens (tertiary/aromatic N) is 2. The van der Waals surface area contributed by atoms with E-state index in [-0.39, 0.29) is 17.5 Å². The second-order valence-electron chi connectivity index (χ2n) is 5.62. The predicted molar refractivity (Wildman–Crippen MR) is 88.5 cm³/mol. The second kappa shape index (κ2) is 8.14. The number of urea groups is 1. The van der Waals surface area contributed by atoms with Crippen LogP contribution in [0.1, 0.15) is 12.8 Å². The number of nitrogens with one attached hydrogen (secondary N) is 2. The van der Waals surface area contributed by atoms with E-state index in [0.29, 0.717) is 38.3 Å². The van der Waals surface area contributed by atoms with E-state index >= 15 is 0 Å². The number of amides is 3. The molecular formula is C15H21N5O4. The third-order valence-electron chi connectivity index (χ3n) is 3.94. The van der Waals surface area contributed by atoms with Crippen molar-refractivity contribution < 1.29 is 14.5 Å². The average molecular weight is 335 g/mol. The number of carbonyl (C=O) groups excluding carboxylic acids is 2. The van der Waals surface area contributed by atoms with E-state index in [1.54, 1.807) is 18.2 Å². The van der Waals surface area contributed by atoms with Gasteiger partial charge in [-0.25, -0.2) is 4.79 Å². The quantitative estimate of drug-likeness (QED) is 0.404. The predicted octanol–water partition coefficient (Wildman–Crippen LogP) is 0.914. The van der Waals surface area contributed by atoms with Crippen molar-refractivity contribution in [2.75, 3.05) is 31.5 Å². The van der Waals surface area contributed by atoms with Gasteiger partial charge in [0.1, 0.15) is 5.69 Å². The molecule has 24 heavy (non-hydrogen) atoms. The van der Waals surface area contributed by atoms with Crippen LogP contribution >= 0.6 is 0 Å². The van der Waals surface area contributed by atoms with Crippen molar-refractivity contribution in [2.45, 2.75) is 12.8 Å². The third-order valence-corrected chi connectivity index (χ3v) is 3.94. The minimum atomic E-state index is -0.509. The standard InChI is InChI=1S/C15H21N5O4/c16-15(22)19-9-3-4-11(10-19)14(21)18-8-7-17-12-5-1-2-6-13(12)20(23)24/h1-2,5-6,11,17H,3-4,7-10H2,(H2,16,22)(H,18,21)/t11-/m0/s1. The number of hydrogen-bond acceptors (Lipinski definition) is 5. The molecule has 0 bridgehead atoms. The molecule has 1 fully saturated rings. The van der Waals surface area contributed by atoms with Crippen LogP contribution in [0.5, 0.6) is 0 Å². The van der Waals surface area contributed by atoms with Crippen molar-refractivity contribution in [3.05, 3.63) is 34.4 Å². The smallest absolute Gasteiger partial charge is 0.314 e. The van der Waals surface area contributed by atoms with Crippen molar-refractivity contribution in [3.8, 4) is 0 Å². The highest BCUT2D eigenvalue weighted by atomic mass is 16.6. The Morgan fingerprint density at radius 3 is 2.79 bits per heavy atom. The number of primary amides is 1. The number of piperidine rings is 1. The lowest BCUT2D eigenvalue weighted by molar-refractivity contribution is -0.384. The van der Waals surface area contributed by atoms with Gasteiger partial charge in [-0.1, -0.05) is 12.1 Å². The number of carbonyl (C=O) groups is 2. The maximum absolute atomic E-state index is 12.1. The first-order valence-electron chi connectivity index (χ1n) is 7.78. The molecule has 130 valence electrons. The number of nitro benzene ring substituents is 1. The fourth-order valence-electron chi connectivity index (χ4n) is 2.70. The minimum absolute atomic E-state index is 0.00629. The lowest BCUT2D eigenvalue weighted by atomic mass is 9.97. The molecule has 1 aliphatic heterocycles. The van der Waals surface area contributed by atoms with Gasteiger partial charge in [0, 0.05) is 32.2 Å². The van der Waals surface area contributed by atoms with Gasteiger partial charge in [0.15, 0.2) is 0 Å². The number of nitrogens with two attached hydrogens (primary N) is 1. The summed E-state index contributed by atoms with van der Waals surface area (Å²) in [6, 6.07) is 5.82. The highest BCUT2D eigenvalue weighted by molar-refractivity contribution is 5.80. The number of hydrogen-bond donors (Lipinski definition) is 3. The zero-order valence-electron chi connectivity index (χ0n) is 13.2. The Kier molecular flexibility index (Phi) is 5.94. The van der Waals surface area contributed by atoms with Gasteiger partial charge in [-0.05, 0) is 18.9 Å². The fraction of sp³-hybridized carbons (Fsp3) is 0.467. The van der Waals surface area contributed by atoms with Crippen molar-refractivity contribution in [3.63, 3.8) is 0 Å². The first-order chi connectivity index (χ1) is 11.5. The molecule has 1 atom stereocenters. The van der Waals surface area contributed by atoms with Crippen LogP contribution < -0.4 is 16.4 Å². The summed E-state index contributed by atoms with van der Waals surface area (Å²) in [7, 11) is 0. The number of para-hydroxylation sites is 2. The summed E-state index contributed by atoms with van der Waals surface area (Å²) in [5.74, 6) is -0.400. The van der Waals surface area contributed by atoms with E-state index < -0.39 is 11.0 Å². The number of likely N-dealkylation sites (tertiary alicyclic amines) is 1. The van der Waals surface area contributed by atoms with E-state index in [0.717, 1.165) is 6.42 Å². The van der Waals surface area contributed by atoms with Crippen LogP contribution in [-0.2, 0) is 4.79 Å². The summed E-state index contributed by atoms with van der Waals surface area (Å²) in [4.78, 5) is 35.2. The summed E-state index contributed by atoms with van der Waals surface area (Å²) in [6.45, 7) is 1.61. The van der Waals surface area contributed by atoms with Crippen LogP contribution in [0.2, 0.25) is 0 Å². The zero-order chi connectivity index (χ0) is 17.5.